The Balaban J connectivity index is 1.10. The Bertz CT molecular complexity index is 2810. The van der Waals surface area contributed by atoms with E-state index in [-0.39, 0.29) is 16.2 Å². The molecule has 0 aliphatic carbocycles. The van der Waals surface area contributed by atoms with Gasteiger partial charge >= 0.3 is 0 Å². The van der Waals surface area contributed by atoms with E-state index >= 15 is 0 Å². The number of nitrogens with zero attached hydrogens (tertiary/aromatic N) is 3. The molecular weight excluding hydrogens is 719 g/mol. The van der Waals surface area contributed by atoms with Crippen LogP contribution < -0.4 is 14.5 Å². The molecule has 0 N–H and O–H groups in total. The van der Waals surface area contributed by atoms with Gasteiger partial charge < -0.3 is 19.1 Å². The Morgan fingerprint density at radius 3 is 1.66 bits per heavy atom. The molecule has 0 amide bonds. The Morgan fingerprint density at radius 2 is 0.983 bits per heavy atom. The van der Waals surface area contributed by atoms with Crippen molar-refractivity contribution in [2.75, 3.05) is 16.5 Å². The van der Waals surface area contributed by atoms with Crippen LogP contribution in [0.1, 0.15) is 79.0 Å². The van der Waals surface area contributed by atoms with Gasteiger partial charge in [-0.05, 0) is 117 Å². The summed E-state index contributed by atoms with van der Waals surface area (Å²) >= 11 is 0. The number of hydrogen-bond acceptors (Lipinski definition) is 3. The third-order valence-corrected chi connectivity index (χ3v) is 11.9. The average Bonchev–Trinajstić information content (AvgIpc) is 3.76. The average molecular weight is 774 g/mol. The van der Waals surface area contributed by atoms with Crippen molar-refractivity contribution in [1.29, 1.82) is 0 Å². The van der Waals surface area contributed by atoms with Gasteiger partial charge in [0.05, 0.1) is 22.4 Å². The molecule has 4 heteroatoms. The quantitative estimate of drug-likeness (QED) is 0.168. The van der Waals surface area contributed by atoms with E-state index in [0.29, 0.717) is 6.67 Å². The lowest BCUT2D eigenvalue weighted by Crippen LogP contribution is -2.25. The smallest absolute Gasteiger partial charge is 0.129 e. The van der Waals surface area contributed by atoms with Crippen LogP contribution in [0.15, 0.2) is 158 Å². The molecule has 1 aliphatic heterocycles. The number of para-hydroxylation sites is 2. The first-order valence-corrected chi connectivity index (χ1v) is 20.9. The number of benzene rings is 7. The maximum atomic E-state index is 6.80. The monoisotopic (exact) mass is 773 g/mol. The lowest BCUT2D eigenvalue weighted by Gasteiger charge is -2.29. The minimum atomic E-state index is 0.0211. The van der Waals surface area contributed by atoms with Gasteiger partial charge in [-0.15, -0.1) is 0 Å². The maximum Gasteiger partial charge on any atom is 0.129 e. The molecule has 1 aliphatic rings. The normalized spacial score (nSPS) is 13.4. The van der Waals surface area contributed by atoms with Crippen LogP contribution in [0, 0.1) is 0 Å². The molecule has 0 unspecified atom stereocenters. The summed E-state index contributed by atoms with van der Waals surface area (Å²) in [5, 5.41) is 2.41. The van der Waals surface area contributed by atoms with Crippen molar-refractivity contribution in [3.63, 3.8) is 0 Å². The van der Waals surface area contributed by atoms with E-state index in [4.69, 9.17) is 4.74 Å². The Kier molecular flexibility index (Phi) is 9.23. The molecule has 0 bridgehead atoms. The van der Waals surface area contributed by atoms with Crippen molar-refractivity contribution >= 4 is 44.6 Å². The van der Waals surface area contributed by atoms with Crippen LogP contribution in [-0.4, -0.2) is 11.2 Å². The SMILES string of the molecule is CC(C)(C)c1cccc(-n2c3ccc(-c4ccccc4)cc3c3ccc(Oc4cccc(N5CN(c6cc(C(C)(C)C)cc(C(C)(C)C)c6)c6ccccc65)c4)cc32)c1. The first-order valence-electron chi connectivity index (χ1n) is 20.9. The van der Waals surface area contributed by atoms with Gasteiger partial charge in [0, 0.05) is 40.0 Å². The molecule has 0 spiro atoms. The predicted molar refractivity (Wildman–Crippen MR) is 251 cm³/mol. The largest absolute Gasteiger partial charge is 0.457 e. The minimum Gasteiger partial charge on any atom is -0.457 e. The molecule has 0 radical (unpaired) electrons. The van der Waals surface area contributed by atoms with Gasteiger partial charge in [-0.1, -0.05) is 135 Å². The van der Waals surface area contributed by atoms with Gasteiger partial charge in [0.25, 0.3) is 0 Å². The molecule has 0 fully saturated rings. The number of anilines is 4. The number of ether oxygens (including phenoxy) is 1. The summed E-state index contributed by atoms with van der Waals surface area (Å²) in [5.74, 6) is 1.59. The number of aromatic nitrogens is 1. The van der Waals surface area contributed by atoms with Crippen LogP contribution in [0.5, 0.6) is 11.5 Å². The summed E-state index contributed by atoms with van der Waals surface area (Å²) in [6, 6.07) is 57.4. The van der Waals surface area contributed by atoms with E-state index in [1.807, 2.05) is 0 Å². The standard InChI is InChI=1S/C55H55N3O/c1-53(2,3)39-19-15-21-43(31-39)58-49-28-25-38(37-17-11-10-12-18-37)29-48(49)47-27-26-46(35-52(47)58)59-45-22-16-20-42(34-45)56-36-57(51-24-14-13-23-50(51)56)44-32-40(54(4,5)6)30-41(33-44)55(7,8)9/h10-35H,36H2,1-9H3. The summed E-state index contributed by atoms with van der Waals surface area (Å²) in [6.07, 6.45) is 0. The van der Waals surface area contributed by atoms with E-state index in [1.54, 1.807) is 0 Å². The fourth-order valence-electron chi connectivity index (χ4n) is 8.40. The molecule has 9 rings (SSSR count). The summed E-state index contributed by atoms with van der Waals surface area (Å²) in [5.41, 5.74) is 14.6. The first-order chi connectivity index (χ1) is 28.1. The zero-order valence-corrected chi connectivity index (χ0v) is 36.0. The Morgan fingerprint density at radius 1 is 0.390 bits per heavy atom. The molecule has 0 saturated heterocycles. The van der Waals surface area contributed by atoms with Crippen molar-refractivity contribution in [1.82, 2.24) is 4.57 Å². The molecule has 0 atom stereocenters. The highest BCUT2D eigenvalue weighted by Gasteiger charge is 2.30. The zero-order chi connectivity index (χ0) is 41.3. The fraction of sp³-hybridized carbons (Fsp3) is 0.236. The molecule has 1 aromatic heterocycles. The van der Waals surface area contributed by atoms with Crippen LogP contribution in [0.4, 0.5) is 22.7 Å². The van der Waals surface area contributed by atoms with Gasteiger partial charge in [0.2, 0.25) is 0 Å². The van der Waals surface area contributed by atoms with Crippen LogP contribution in [-0.2, 0) is 16.2 Å². The summed E-state index contributed by atoms with van der Waals surface area (Å²) in [7, 11) is 0. The molecule has 7 aromatic carbocycles. The third-order valence-electron chi connectivity index (χ3n) is 11.9. The van der Waals surface area contributed by atoms with Crippen molar-refractivity contribution in [2.24, 2.45) is 0 Å². The van der Waals surface area contributed by atoms with Crippen molar-refractivity contribution < 1.29 is 4.74 Å². The lowest BCUT2D eigenvalue weighted by atomic mass is 9.80. The number of hydrogen-bond donors (Lipinski definition) is 0. The van der Waals surface area contributed by atoms with Gasteiger partial charge in [0.1, 0.15) is 18.2 Å². The van der Waals surface area contributed by atoms with Gasteiger partial charge in [-0.25, -0.2) is 0 Å². The predicted octanol–water partition coefficient (Wildman–Crippen LogP) is 15.4. The first kappa shape index (κ1) is 38.3. The van der Waals surface area contributed by atoms with Crippen molar-refractivity contribution in [3.8, 4) is 28.3 Å². The van der Waals surface area contributed by atoms with Crippen LogP contribution >= 0.6 is 0 Å². The van der Waals surface area contributed by atoms with Gasteiger partial charge in [-0.2, -0.15) is 0 Å². The fourth-order valence-corrected chi connectivity index (χ4v) is 8.40. The highest BCUT2D eigenvalue weighted by atomic mass is 16.5. The summed E-state index contributed by atoms with van der Waals surface area (Å²) in [4.78, 5) is 4.86. The third kappa shape index (κ3) is 7.26. The molecule has 4 nitrogen and oxygen atoms in total. The highest BCUT2D eigenvalue weighted by Crippen LogP contribution is 2.47. The molecular formula is C55H55N3O. The molecule has 296 valence electrons. The van der Waals surface area contributed by atoms with Gasteiger partial charge in [-0.3, -0.25) is 0 Å². The second-order valence-electron chi connectivity index (χ2n) is 19.3. The van der Waals surface area contributed by atoms with Crippen LogP contribution in [0.2, 0.25) is 0 Å². The molecule has 59 heavy (non-hydrogen) atoms. The van der Waals surface area contributed by atoms with E-state index in [1.165, 1.54) is 61.2 Å². The van der Waals surface area contributed by atoms with Crippen LogP contribution in [0.3, 0.4) is 0 Å². The van der Waals surface area contributed by atoms with Gasteiger partial charge in [0.15, 0.2) is 0 Å². The number of rotatable bonds is 6. The lowest BCUT2D eigenvalue weighted by molar-refractivity contribution is 0.483. The van der Waals surface area contributed by atoms with Crippen molar-refractivity contribution in [2.45, 2.75) is 78.6 Å². The molecule has 0 saturated carbocycles. The topological polar surface area (TPSA) is 20.6 Å². The minimum absolute atomic E-state index is 0.0211. The van der Waals surface area contributed by atoms with Crippen LogP contribution in [0.25, 0.3) is 38.6 Å². The second-order valence-corrected chi connectivity index (χ2v) is 19.3. The second kappa shape index (κ2) is 14.2. The molecule has 8 aromatic rings. The molecule has 2 heterocycles. The maximum absolute atomic E-state index is 6.80. The Hall–Kier alpha value is -6.26. The summed E-state index contributed by atoms with van der Waals surface area (Å²) < 4.78 is 9.19. The van der Waals surface area contributed by atoms with E-state index in [9.17, 15) is 0 Å². The van der Waals surface area contributed by atoms with E-state index in [0.717, 1.165) is 28.4 Å². The Labute approximate surface area is 350 Å². The van der Waals surface area contributed by atoms with Crippen molar-refractivity contribution in [3.05, 3.63) is 174 Å². The number of fused-ring (bicyclic) bond motifs is 4. The highest BCUT2D eigenvalue weighted by molar-refractivity contribution is 6.11. The summed E-state index contributed by atoms with van der Waals surface area (Å²) in [6.45, 7) is 21.3. The van der Waals surface area contributed by atoms with E-state index < -0.39 is 0 Å². The van der Waals surface area contributed by atoms with E-state index in [2.05, 4.69) is 234 Å². The zero-order valence-electron chi connectivity index (χ0n) is 36.0.